The molecule has 0 saturated heterocycles. The van der Waals surface area contributed by atoms with Crippen LogP contribution in [0.5, 0.6) is 5.75 Å². The molecule has 0 saturated carbocycles. The molecule has 0 aliphatic carbocycles. The zero-order chi connectivity index (χ0) is 21.6. The maximum absolute atomic E-state index is 12.4. The Kier molecular flexibility index (Phi) is 7.14. The van der Waals surface area contributed by atoms with Crippen LogP contribution < -0.4 is 10.1 Å². The minimum Gasteiger partial charge on any atom is -0.482 e. The standard InChI is InChI=1S/C18H11Cl2N3O6/c19-14-6-12(23(27)28)7-15(20)17(14)22-18(26)11(8-21)5-10-1-3-13(4-2-10)29-9-16(24)25/h1-7H,9H2,(H,22,26)(H,24,25)/b11-5+. The van der Waals surface area contributed by atoms with Gasteiger partial charge >= 0.3 is 5.97 Å². The van der Waals surface area contributed by atoms with Crippen molar-refractivity contribution in [1.82, 2.24) is 0 Å². The molecule has 0 unspecified atom stereocenters. The van der Waals surface area contributed by atoms with Gasteiger partial charge in [0.25, 0.3) is 11.6 Å². The zero-order valence-corrected chi connectivity index (χ0v) is 15.9. The second kappa shape index (κ2) is 9.54. The average molecular weight is 436 g/mol. The number of aliphatic carboxylic acids is 1. The van der Waals surface area contributed by atoms with Crippen LogP contribution >= 0.6 is 23.2 Å². The van der Waals surface area contributed by atoms with Crippen molar-refractivity contribution in [2.24, 2.45) is 0 Å². The molecule has 29 heavy (non-hydrogen) atoms. The van der Waals surface area contributed by atoms with Crippen molar-refractivity contribution in [1.29, 1.82) is 5.26 Å². The first-order valence-electron chi connectivity index (χ1n) is 7.72. The van der Waals surface area contributed by atoms with E-state index < -0.39 is 23.4 Å². The fourth-order valence-corrected chi connectivity index (χ4v) is 2.66. The molecule has 2 aromatic rings. The van der Waals surface area contributed by atoms with Crippen LogP contribution in [-0.4, -0.2) is 28.5 Å². The summed E-state index contributed by atoms with van der Waals surface area (Å²) in [6, 6.07) is 9.78. The van der Waals surface area contributed by atoms with Crippen LogP contribution in [-0.2, 0) is 9.59 Å². The number of nitrogens with one attached hydrogen (secondary N) is 1. The Bertz CT molecular complexity index is 1020. The number of ether oxygens (including phenoxy) is 1. The van der Waals surface area contributed by atoms with Gasteiger partial charge in [0.05, 0.1) is 20.7 Å². The number of anilines is 1. The van der Waals surface area contributed by atoms with Gasteiger partial charge in [-0.15, -0.1) is 0 Å². The summed E-state index contributed by atoms with van der Waals surface area (Å²) in [7, 11) is 0. The highest BCUT2D eigenvalue weighted by Gasteiger charge is 2.18. The van der Waals surface area contributed by atoms with Crippen molar-refractivity contribution in [3.63, 3.8) is 0 Å². The number of hydrogen-bond acceptors (Lipinski definition) is 6. The maximum Gasteiger partial charge on any atom is 0.341 e. The monoisotopic (exact) mass is 435 g/mol. The third kappa shape index (κ3) is 5.93. The van der Waals surface area contributed by atoms with Gasteiger partial charge in [-0.2, -0.15) is 5.26 Å². The van der Waals surface area contributed by atoms with Gasteiger partial charge in [-0.3, -0.25) is 14.9 Å². The molecule has 0 bridgehead atoms. The van der Waals surface area contributed by atoms with Crippen LogP contribution in [0.25, 0.3) is 6.08 Å². The van der Waals surface area contributed by atoms with E-state index in [9.17, 15) is 25.0 Å². The molecule has 9 nitrogen and oxygen atoms in total. The number of non-ortho nitro benzene ring substituents is 1. The van der Waals surface area contributed by atoms with Gasteiger partial charge in [-0.1, -0.05) is 35.3 Å². The summed E-state index contributed by atoms with van der Waals surface area (Å²) in [6.07, 6.45) is 1.28. The molecule has 148 valence electrons. The topological polar surface area (TPSA) is 143 Å². The molecule has 0 heterocycles. The predicted octanol–water partition coefficient (Wildman–Crippen LogP) is 3.91. The summed E-state index contributed by atoms with van der Waals surface area (Å²) in [5.41, 5.74) is -0.225. The number of carboxylic acid groups (broad SMARTS) is 1. The minimum absolute atomic E-state index is 0.0671. The van der Waals surface area contributed by atoms with Gasteiger partial charge in [0.2, 0.25) is 0 Å². The van der Waals surface area contributed by atoms with Crippen LogP contribution in [0.3, 0.4) is 0 Å². The number of benzene rings is 2. The molecule has 0 fully saturated rings. The van der Waals surface area contributed by atoms with Crippen LogP contribution in [0.2, 0.25) is 10.0 Å². The number of amides is 1. The highest BCUT2D eigenvalue weighted by atomic mass is 35.5. The summed E-state index contributed by atoms with van der Waals surface area (Å²) in [5.74, 6) is -1.64. The summed E-state index contributed by atoms with van der Waals surface area (Å²) in [6.45, 7) is -0.502. The summed E-state index contributed by atoms with van der Waals surface area (Å²) in [5, 5.41) is 30.7. The Hall–Kier alpha value is -3.61. The van der Waals surface area contributed by atoms with Gasteiger partial charge in [-0.05, 0) is 23.8 Å². The minimum atomic E-state index is -1.12. The van der Waals surface area contributed by atoms with E-state index in [0.717, 1.165) is 12.1 Å². The Balaban J connectivity index is 2.20. The Labute approximate surface area is 173 Å². The predicted molar refractivity (Wildman–Crippen MR) is 105 cm³/mol. The molecule has 0 atom stereocenters. The van der Waals surface area contributed by atoms with Crippen molar-refractivity contribution in [3.8, 4) is 11.8 Å². The SMILES string of the molecule is N#C/C(=C\c1ccc(OCC(=O)O)cc1)C(=O)Nc1c(Cl)cc([N+](=O)[O-])cc1Cl. The van der Waals surface area contributed by atoms with E-state index in [1.807, 2.05) is 0 Å². The zero-order valence-electron chi connectivity index (χ0n) is 14.4. The second-order valence-electron chi connectivity index (χ2n) is 5.42. The number of carbonyl (C=O) groups excluding carboxylic acids is 1. The largest absolute Gasteiger partial charge is 0.482 e. The number of nitrogens with zero attached hydrogens (tertiary/aromatic N) is 2. The highest BCUT2D eigenvalue weighted by molar-refractivity contribution is 6.40. The summed E-state index contributed by atoms with van der Waals surface area (Å²) >= 11 is 11.9. The number of nitro benzene ring substituents is 1. The smallest absolute Gasteiger partial charge is 0.341 e. The Morgan fingerprint density at radius 1 is 1.24 bits per heavy atom. The third-order valence-electron chi connectivity index (χ3n) is 3.39. The first kappa shape index (κ1) is 21.7. The molecule has 1 amide bonds. The van der Waals surface area contributed by atoms with Gasteiger partial charge in [0.15, 0.2) is 6.61 Å². The number of halogens is 2. The Morgan fingerprint density at radius 2 is 1.83 bits per heavy atom. The van der Waals surface area contributed by atoms with Crippen LogP contribution in [0.15, 0.2) is 42.0 Å². The number of carboxylic acids is 1. The normalized spacial score (nSPS) is 10.7. The molecule has 2 N–H and O–H groups in total. The van der Waals surface area contributed by atoms with Gasteiger partial charge in [-0.25, -0.2) is 4.79 Å². The average Bonchev–Trinajstić information content (AvgIpc) is 2.67. The molecule has 2 rings (SSSR count). The summed E-state index contributed by atoms with van der Waals surface area (Å²) in [4.78, 5) is 33.0. The number of hydrogen-bond donors (Lipinski definition) is 2. The lowest BCUT2D eigenvalue weighted by molar-refractivity contribution is -0.384. The molecule has 0 radical (unpaired) electrons. The van der Waals surface area contributed by atoms with Crippen molar-refractivity contribution in [2.75, 3.05) is 11.9 Å². The number of rotatable bonds is 7. The molecule has 0 spiro atoms. The van der Waals surface area contributed by atoms with E-state index in [1.54, 1.807) is 6.07 Å². The van der Waals surface area contributed by atoms with Crippen LogP contribution in [0, 0.1) is 21.4 Å². The van der Waals surface area contributed by atoms with Crippen molar-refractivity contribution >= 4 is 52.5 Å². The molecular formula is C18H11Cl2N3O6. The van der Waals surface area contributed by atoms with Gasteiger partial charge in [0, 0.05) is 12.1 Å². The van der Waals surface area contributed by atoms with Crippen molar-refractivity contribution < 1.29 is 24.4 Å². The number of nitro groups is 1. The molecule has 0 aromatic heterocycles. The van der Waals surface area contributed by atoms with Crippen molar-refractivity contribution in [3.05, 3.63) is 67.7 Å². The number of nitriles is 1. The number of carbonyl (C=O) groups is 2. The van der Waals surface area contributed by atoms with Gasteiger partial charge in [0.1, 0.15) is 17.4 Å². The van der Waals surface area contributed by atoms with E-state index in [-0.39, 0.29) is 27.0 Å². The molecular weight excluding hydrogens is 425 g/mol. The van der Waals surface area contributed by atoms with E-state index in [2.05, 4.69) is 5.32 Å². The lowest BCUT2D eigenvalue weighted by Gasteiger charge is -2.09. The molecule has 11 heteroatoms. The molecule has 2 aromatic carbocycles. The van der Waals surface area contributed by atoms with Gasteiger partial charge < -0.3 is 15.2 Å². The van der Waals surface area contributed by atoms with E-state index in [4.69, 9.17) is 33.0 Å². The second-order valence-corrected chi connectivity index (χ2v) is 6.23. The highest BCUT2D eigenvalue weighted by Crippen LogP contribution is 2.35. The fraction of sp³-hybridized carbons (Fsp3) is 0.0556. The third-order valence-corrected chi connectivity index (χ3v) is 3.99. The molecule has 0 aliphatic rings. The molecule has 0 aliphatic heterocycles. The lowest BCUT2D eigenvalue weighted by Crippen LogP contribution is -2.14. The summed E-state index contributed by atoms with van der Waals surface area (Å²) < 4.78 is 4.99. The fourth-order valence-electron chi connectivity index (χ4n) is 2.09. The lowest BCUT2D eigenvalue weighted by atomic mass is 10.1. The first-order valence-corrected chi connectivity index (χ1v) is 8.48. The van der Waals surface area contributed by atoms with Crippen LogP contribution in [0.4, 0.5) is 11.4 Å². The van der Waals surface area contributed by atoms with E-state index in [1.165, 1.54) is 30.3 Å². The van der Waals surface area contributed by atoms with E-state index in [0.29, 0.717) is 11.3 Å². The quantitative estimate of drug-likeness (QED) is 0.290. The van der Waals surface area contributed by atoms with E-state index >= 15 is 0 Å². The Morgan fingerprint density at radius 3 is 2.31 bits per heavy atom. The maximum atomic E-state index is 12.4. The van der Waals surface area contributed by atoms with Crippen molar-refractivity contribution in [2.45, 2.75) is 0 Å². The first-order chi connectivity index (χ1) is 13.7. The van der Waals surface area contributed by atoms with Crippen LogP contribution in [0.1, 0.15) is 5.56 Å².